The van der Waals surface area contributed by atoms with Crippen LogP contribution in [-0.4, -0.2) is 43.4 Å². The first kappa shape index (κ1) is 43.5. The van der Waals surface area contributed by atoms with Crippen molar-refractivity contribution in [3.63, 3.8) is 0 Å². The van der Waals surface area contributed by atoms with Gasteiger partial charge in [0.05, 0.1) is 34.8 Å². The van der Waals surface area contributed by atoms with E-state index in [1.807, 2.05) is 0 Å². The van der Waals surface area contributed by atoms with Crippen LogP contribution in [0.5, 0.6) is 0 Å². The van der Waals surface area contributed by atoms with Crippen molar-refractivity contribution in [2.45, 2.75) is 202 Å². The minimum atomic E-state index is -3.98. The van der Waals surface area contributed by atoms with Gasteiger partial charge in [-0.2, -0.15) is 0 Å². The van der Waals surface area contributed by atoms with Crippen LogP contribution in [0, 0.1) is 0 Å². The lowest BCUT2D eigenvalue weighted by molar-refractivity contribution is 0.459. The summed E-state index contributed by atoms with van der Waals surface area (Å²) in [5, 5.41) is 0. The molecule has 0 amide bonds. The van der Waals surface area contributed by atoms with Gasteiger partial charge in [-0.3, -0.25) is 0 Å². The summed E-state index contributed by atoms with van der Waals surface area (Å²) in [5.41, 5.74) is 0. The minimum Gasteiger partial charge on any atom is -0.748 e. The van der Waals surface area contributed by atoms with Crippen LogP contribution in [-0.2, 0) is 10.1 Å². The van der Waals surface area contributed by atoms with E-state index in [9.17, 15) is 13.0 Å². The van der Waals surface area contributed by atoms with Gasteiger partial charge >= 0.3 is 0 Å². The third-order valence-corrected chi connectivity index (χ3v) is 14.5. The van der Waals surface area contributed by atoms with E-state index in [-0.39, 0.29) is 5.75 Å². The third kappa shape index (κ3) is 34.7. The predicted octanol–water partition coefficient (Wildman–Crippen LogP) is 12.8. The van der Waals surface area contributed by atoms with Crippen molar-refractivity contribution in [2.24, 2.45) is 0 Å². The summed E-state index contributed by atoms with van der Waals surface area (Å²) in [4.78, 5) is 0. The fourth-order valence-electron chi connectivity index (χ4n) is 5.93. The lowest BCUT2D eigenvalue weighted by Crippen LogP contribution is -2.13. The molecule has 0 radical (unpaired) electrons. The highest BCUT2D eigenvalue weighted by Crippen LogP contribution is 2.61. The summed E-state index contributed by atoms with van der Waals surface area (Å²) in [6.07, 6.45) is 41.5. The summed E-state index contributed by atoms with van der Waals surface area (Å²) < 4.78 is 30.9. The summed E-state index contributed by atoms with van der Waals surface area (Å²) in [6.45, 7) is 11.6. The molecule has 0 atom stereocenters. The second-order valence-corrected chi connectivity index (χ2v) is 18.9. The molecule has 3 nitrogen and oxygen atoms in total. The van der Waals surface area contributed by atoms with Crippen LogP contribution in [0.4, 0.5) is 0 Å². The molecule has 0 aliphatic heterocycles. The van der Waals surface area contributed by atoms with Gasteiger partial charge < -0.3 is 4.55 Å². The maximum Gasteiger partial charge on any atom is 0.0945 e. The number of hydrogen-bond acceptors (Lipinski definition) is 3. The molecule has 0 N–H and O–H groups in total. The molecule has 0 aromatic rings. The largest absolute Gasteiger partial charge is 0.748 e. The highest BCUT2D eigenvalue weighted by Gasteiger charge is 2.34. The van der Waals surface area contributed by atoms with Crippen molar-refractivity contribution in [1.29, 1.82) is 0 Å². The number of unbranched alkanes of at least 4 members (excludes halogenated alkanes) is 21. The molecule has 0 heterocycles. The van der Waals surface area contributed by atoms with Crippen molar-refractivity contribution < 1.29 is 13.0 Å². The molecule has 0 spiro atoms. The Hall–Kier alpha value is 0.340. The van der Waals surface area contributed by atoms with Crippen molar-refractivity contribution >= 4 is 17.4 Å². The van der Waals surface area contributed by atoms with E-state index >= 15 is 0 Å². The highest BCUT2D eigenvalue weighted by atomic mass is 32.2. The van der Waals surface area contributed by atoms with Crippen LogP contribution in [0.15, 0.2) is 0 Å². The van der Waals surface area contributed by atoms with Crippen LogP contribution >= 0.6 is 7.26 Å². The van der Waals surface area contributed by atoms with Gasteiger partial charge in [-0.05, 0) is 57.8 Å². The van der Waals surface area contributed by atoms with Gasteiger partial charge in [0.25, 0.3) is 0 Å². The monoisotopic (exact) mass is 621 g/mol. The molecule has 41 heavy (non-hydrogen) atoms. The Morgan fingerprint density at radius 1 is 0.366 bits per heavy atom. The minimum absolute atomic E-state index is 0.191. The maximum atomic E-state index is 10.3. The van der Waals surface area contributed by atoms with Gasteiger partial charge in [0.1, 0.15) is 0 Å². The summed E-state index contributed by atoms with van der Waals surface area (Å²) in [6, 6.07) is 0. The average molecular weight is 621 g/mol. The second kappa shape index (κ2) is 33.2. The van der Waals surface area contributed by atoms with Gasteiger partial charge in [0, 0.05) is 13.0 Å². The molecule has 0 aliphatic rings. The fraction of sp³-hybridized carbons (Fsp3) is 1.00. The van der Waals surface area contributed by atoms with Gasteiger partial charge in [-0.1, -0.05) is 144 Å². The molecule has 0 saturated carbocycles. The Morgan fingerprint density at radius 3 is 0.829 bits per heavy atom. The summed E-state index contributed by atoms with van der Waals surface area (Å²) in [5.74, 6) is -0.191. The van der Waals surface area contributed by atoms with Crippen molar-refractivity contribution in [3.05, 3.63) is 0 Å². The fourth-order valence-corrected chi connectivity index (χ4v) is 11.4. The Bertz CT molecular complexity index is 540. The zero-order chi connectivity index (χ0) is 30.9. The molecule has 250 valence electrons. The quantitative estimate of drug-likeness (QED) is 0.0440. The van der Waals surface area contributed by atoms with Gasteiger partial charge in [0.15, 0.2) is 0 Å². The smallest absolute Gasteiger partial charge is 0.0945 e. The molecule has 0 aliphatic carbocycles. The highest BCUT2D eigenvalue weighted by molar-refractivity contribution is 7.85. The lowest BCUT2D eigenvalue weighted by Gasteiger charge is -2.28. The first-order chi connectivity index (χ1) is 19.8. The lowest BCUT2D eigenvalue weighted by atomic mass is 10.1. The summed E-state index contributed by atoms with van der Waals surface area (Å²) in [7, 11) is -4.64. The topological polar surface area (TPSA) is 57.2 Å². The molecule has 0 aromatic heterocycles. The van der Waals surface area contributed by atoms with Crippen LogP contribution in [0.2, 0.25) is 0 Å². The normalized spacial score (nSPS) is 12.0. The number of hydrogen-bond donors (Lipinski definition) is 0. The molecular weight excluding hydrogens is 543 g/mol. The van der Waals surface area contributed by atoms with Gasteiger partial charge in [0.2, 0.25) is 0 Å². The Labute approximate surface area is 261 Å². The van der Waals surface area contributed by atoms with E-state index in [0.29, 0.717) is 6.42 Å². The van der Waals surface area contributed by atoms with Gasteiger partial charge in [-0.25, -0.2) is 8.42 Å². The first-order valence-electron chi connectivity index (χ1n) is 18.6. The third-order valence-electron chi connectivity index (χ3n) is 8.69. The molecule has 0 saturated heterocycles. The van der Waals surface area contributed by atoms with E-state index < -0.39 is 17.4 Å². The van der Waals surface area contributed by atoms with Crippen molar-refractivity contribution in [1.82, 2.24) is 0 Å². The Morgan fingerprint density at radius 2 is 0.585 bits per heavy atom. The Kier molecular flexibility index (Phi) is 35.2. The molecule has 0 unspecified atom stereocenters. The molecular formula is C36H77O3PS. The molecule has 0 bridgehead atoms. The van der Waals surface area contributed by atoms with Crippen LogP contribution in [0.1, 0.15) is 202 Å². The summed E-state index contributed by atoms with van der Waals surface area (Å²) >= 11 is 0. The zero-order valence-corrected chi connectivity index (χ0v) is 30.7. The van der Waals surface area contributed by atoms with Gasteiger partial charge in [-0.15, -0.1) is 0 Å². The van der Waals surface area contributed by atoms with Crippen molar-refractivity contribution in [2.75, 3.05) is 30.4 Å². The molecule has 5 heteroatoms. The van der Waals surface area contributed by atoms with E-state index in [1.54, 1.807) is 24.6 Å². The predicted molar refractivity (Wildman–Crippen MR) is 189 cm³/mol. The standard InChI is InChI=1S/C24H52P.C12H26O3S/c1-5-9-13-17-21-25(22-18-14-10-6-2,23-19-15-11-7-3)24-20-16-12-8-4;1-2-3-4-5-6-7-8-9-10-11-12-16(13,14)15/h5-24H2,1-4H3;2-12H2,1H3,(H,13,14,15)/q+1;/p-1. The maximum absolute atomic E-state index is 10.3. The Balaban J connectivity index is 0. The van der Waals surface area contributed by atoms with E-state index in [1.165, 1.54) is 148 Å². The molecule has 0 rings (SSSR count). The average Bonchev–Trinajstić information content (AvgIpc) is 2.95. The molecule has 0 fully saturated rings. The van der Waals surface area contributed by atoms with E-state index in [0.717, 1.165) is 12.8 Å². The number of rotatable bonds is 31. The van der Waals surface area contributed by atoms with Crippen LogP contribution in [0.25, 0.3) is 0 Å². The van der Waals surface area contributed by atoms with Crippen molar-refractivity contribution in [3.8, 4) is 0 Å². The molecule has 0 aromatic carbocycles. The zero-order valence-electron chi connectivity index (χ0n) is 29.0. The van der Waals surface area contributed by atoms with Crippen LogP contribution < -0.4 is 0 Å². The van der Waals surface area contributed by atoms with E-state index in [4.69, 9.17) is 0 Å². The SMILES string of the molecule is CCCCCCCCCCCCS(=O)(=O)[O-].CCCCCC[P+](CCCCCC)(CCCCCC)CCCCCC. The second-order valence-electron chi connectivity index (χ2n) is 12.9. The van der Waals surface area contributed by atoms with E-state index in [2.05, 4.69) is 34.6 Å². The first-order valence-corrected chi connectivity index (χ1v) is 22.7. The van der Waals surface area contributed by atoms with Crippen LogP contribution in [0.3, 0.4) is 0 Å².